The summed E-state index contributed by atoms with van der Waals surface area (Å²) in [6.07, 6.45) is 0.107. The van der Waals surface area contributed by atoms with Gasteiger partial charge in [-0.05, 0) is 0 Å². The Morgan fingerprint density at radius 2 is 2.00 bits per heavy atom. The molecule has 96 valence electrons. The number of nitro benzene ring substituents is 1. The summed E-state index contributed by atoms with van der Waals surface area (Å²) in [4.78, 5) is 20.5. The molecule has 1 aromatic carbocycles. The van der Waals surface area contributed by atoms with E-state index < -0.39 is 34.0 Å². The van der Waals surface area contributed by atoms with Gasteiger partial charge in [0.25, 0.3) is 5.69 Å². The van der Waals surface area contributed by atoms with Crippen LogP contribution in [0.15, 0.2) is 12.1 Å². The summed E-state index contributed by atoms with van der Waals surface area (Å²) in [7, 11) is 0. The highest BCUT2D eigenvalue weighted by atomic mass is 19.1. The van der Waals surface area contributed by atoms with E-state index in [-0.39, 0.29) is 18.9 Å². The van der Waals surface area contributed by atoms with Gasteiger partial charge in [-0.3, -0.25) is 14.9 Å². The monoisotopic (exact) mass is 257 g/mol. The first kappa shape index (κ1) is 12.2. The molecule has 2 rings (SSSR count). The van der Waals surface area contributed by atoms with Crippen molar-refractivity contribution in [2.75, 3.05) is 11.9 Å². The SMILES string of the molecule is O=C1CC(Nc2c(F)cc([N+](=O)[O-])cc2F)CN1. The van der Waals surface area contributed by atoms with Gasteiger partial charge in [0, 0.05) is 13.0 Å². The number of nitro groups is 1. The average molecular weight is 257 g/mol. The summed E-state index contributed by atoms with van der Waals surface area (Å²) in [5.41, 5.74) is -1.11. The van der Waals surface area contributed by atoms with Crippen molar-refractivity contribution in [2.45, 2.75) is 12.5 Å². The first-order chi connectivity index (χ1) is 8.47. The number of carbonyl (C=O) groups excluding carboxylic acids is 1. The van der Waals surface area contributed by atoms with Gasteiger partial charge >= 0.3 is 0 Å². The van der Waals surface area contributed by atoms with Crippen LogP contribution < -0.4 is 10.6 Å². The quantitative estimate of drug-likeness (QED) is 0.629. The number of halogens is 2. The van der Waals surface area contributed by atoms with Crippen LogP contribution in [0.25, 0.3) is 0 Å². The lowest BCUT2D eigenvalue weighted by Gasteiger charge is -2.13. The highest BCUT2D eigenvalue weighted by molar-refractivity contribution is 5.79. The Balaban J connectivity index is 2.23. The molecule has 1 fully saturated rings. The van der Waals surface area contributed by atoms with Crippen LogP contribution in [0.2, 0.25) is 0 Å². The number of nitrogens with zero attached hydrogens (tertiary/aromatic N) is 1. The molecule has 1 amide bonds. The maximum Gasteiger partial charge on any atom is 0.275 e. The van der Waals surface area contributed by atoms with Crippen molar-refractivity contribution in [3.05, 3.63) is 33.9 Å². The molecule has 0 bridgehead atoms. The molecule has 0 spiro atoms. The smallest absolute Gasteiger partial charge is 0.275 e. The van der Waals surface area contributed by atoms with E-state index in [9.17, 15) is 23.7 Å². The van der Waals surface area contributed by atoms with Crippen molar-refractivity contribution in [3.8, 4) is 0 Å². The van der Waals surface area contributed by atoms with E-state index >= 15 is 0 Å². The van der Waals surface area contributed by atoms with Gasteiger partial charge in [-0.1, -0.05) is 0 Å². The molecule has 8 heteroatoms. The topological polar surface area (TPSA) is 84.3 Å². The van der Waals surface area contributed by atoms with Gasteiger partial charge in [-0.15, -0.1) is 0 Å². The van der Waals surface area contributed by atoms with E-state index in [0.717, 1.165) is 0 Å². The van der Waals surface area contributed by atoms with Crippen molar-refractivity contribution in [2.24, 2.45) is 0 Å². The molecule has 1 aliphatic rings. The molecule has 6 nitrogen and oxygen atoms in total. The molecule has 0 aliphatic carbocycles. The zero-order valence-corrected chi connectivity index (χ0v) is 9.07. The summed E-state index contributed by atoms with van der Waals surface area (Å²) in [6.45, 7) is 0.259. The number of benzene rings is 1. The van der Waals surface area contributed by atoms with E-state index in [4.69, 9.17) is 0 Å². The van der Waals surface area contributed by atoms with Crippen molar-refractivity contribution < 1.29 is 18.5 Å². The predicted molar refractivity (Wildman–Crippen MR) is 58.0 cm³/mol. The van der Waals surface area contributed by atoms with Crippen molar-refractivity contribution >= 4 is 17.3 Å². The Bertz CT molecular complexity index is 498. The molecule has 0 radical (unpaired) electrons. The second kappa shape index (κ2) is 4.55. The first-order valence-corrected chi connectivity index (χ1v) is 5.14. The van der Waals surface area contributed by atoms with Gasteiger partial charge in [0.2, 0.25) is 5.91 Å². The van der Waals surface area contributed by atoms with Gasteiger partial charge in [-0.25, -0.2) is 8.78 Å². The summed E-state index contributed by atoms with van der Waals surface area (Å²) < 4.78 is 27.0. The number of hydrogen-bond donors (Lipinski definition) is 2. The molecular formula is C10H9F2N3O3. The van der Waals surface area contributed by atoms with Crippen molar-refractivity contribution in [1.82, 2.24) is 5.32 Å². The highest BCUT2D eigenvalue weighted by Gasteiger charge is 2.24. The summed E-state index contributed by atoms with van der Waals surface area (Å²) in [5, 5.41) is 15.4. The molecule has 0 saturated carbocycles. The number of rotatable bonds is 3. The largest absolute Gasteiger partial charge is 0.375 e. The fourth-order valence-corrected chi connectivity index (χ4v) is 1.71. The van der Waals surface area contributed by atoms with Crippen LogP contribution in [-0.2, 0) is 4.79 Å². The Labute approximate surface area is 100 Å². The lowest BCUT2D eigenvalue weighted by atomic mass is 10.2. The average Bonchev–Trinajstić information content (AvgIpc) is 2.69. The Morgan fingerprint density at radius 1 is 1.39 bits per heavy atom. The molecule has 1 heterocycles. The van der Waals surface area contributed by atoms with Gasteiger partial charge in [0.05, 0.1) is 23.1 Å². The molecule has 1 atom stereocenters. The number of anilines is 1. The van der Waals surface area contributed by atoms with Crippen molar-refractivity contribution in [1.29, 1.82) is 0 Å². The lowest BCUT2D eigenvalue weighted by molar-refractivity contribution is -0.385. The normalized spacial score (nSPS) is 18.6. The minimum atomic E-state index is -1.05. The Hall–Kier alpha value is -2.25. The van der Waals surface area contributed by atoms with Crippen molar-refractivity contribution in [3.63, 3.8) is 0 Å². The zero-order chi connectivity index (χ0) is 13.3. The van der Waals surface area contributed by atoms with Crippen LogP contribution in [0.1, 0.15) is 6.42 Å². The molecule has 1 aliphatic heterocycles. The van der Waals surface area contributed by atoms with E-state index in [1.54, 1.807) is 0 Å². The maximum atomic E-state index is 13.5. The zero-order valence-electron chi connectivity index (χ0n) is 9.07. The first-order valence-electron chi connectivity index (χ1n) is 5.14. The van der Waals surface area contributed by atoms with E-state index in [2.05, 4.69) is 10.6 Å². The fourth-order valence-electron chi connectivity index (χ4n) is 1.71. The van der Waals surface area contributed by atoms with Gasteiger partial charge in [0.15, 0.2) is 11.6 Å². The molecular weight excluding hydrogens is 248 g/mol. The Kier molecular flexibility index (Phi) is 3.09. The minimum absolute atomic E-state index is 0.107. The standard InChI is InChI=1S/C10H9F2N3O3/c11-7-2-6(15(17)18)3-8(12)10(7)14-5-1-9(16)13-4-5/h2-3,5,14H,1,4H2,(H,13,16). The maximum absolute atomic E-state index is 13.5. The summed E-state index contributed by atoms with van der Waals surface area (Å²) in [6, 6.07) is 0.841. The van der Waals surface area contributed by atoms with Crippen LogP contribution in [0, 0.1) is 21.7 Å². The van der Waals surface area contributed by atoms with E-state index in [0.29, 0.717) is 12.1 Å². The number of non-ortho nitro benzene ring substituents is 1. The van der Waals surface area contributed by atoms with Crippen LogP contribution in [0.3, 0.4) is 0 Å². The molecule has 1 unspecified atom stereocenters. The number of carbonyl (C=O) groups is 1. The summed E-state index contributed by atoms with van der Waals surface area (Å²) in [5.74, 6) is -2.32. The Morgan fingerprint density at radius 3 is 2.44 bits per heavy atom. The molecule has 1 aromatic rings. The third-order valence-corrected chi connectivity index (χ3v) is 2.56. The molecule has 2 N–H and O–H groups in total. The third kappa shape index (κ3) is 2.36. The second-order valence-electron chi connectivity index (χ2n) is 3.89. The molecule has 0 aromatic heterocycles. The molecule has 1 saturated heterocycles. The minimum Gasteiger partial charge on any atom is -0.375 e. The number of amides is 1. The van der Waals surface area contributed by atoms with Crippen LogP contribution >= 0.6 is 0 Å². The van der Waals surface area contributed by atoms with Crippen LogP contribution in [0.5, 0.6) is 0 Å². The number of nitrogens with one attached hydrogen (secondary N) is 2. The molecule has 18 heavy (non-hydrogen) atoms. The van der Waals surface area contributed by atoms with Gasteiger partial charge in [0.1, 0.15) is 5.69 Å². The number of hydrogen-bond acceptors (Lipinski definition) is 4. The van der Waals surface area contributed by atoms with E-state index in [1.807, 2.05) is 0 Å². The third-order valence-electron chi connectivity index (χ3n) is 2.56. The van der Waals surface area contributed by atoms with Crippen LogP contribution in [0.4, 0.5) is 20.2 Å². The highest BCUT2D eigenvalue weighted by Crippen LogP contribution is 2.26. The fraction of sp³-hybridized carbons (Fsp3) is 0.300. The van der Waals surface area contributed by atoms with Gasteiger partial charge < -0.3 is 10.6 Å². The van der Waals surface area contributed by atoms with Gasteiger partial charge in [-0.2, -0.15) is 0 Å². The second-order valence-corrected chi connectivity index (χ2v) is 3.89. The van der Waals surface area contributed by atoms with E-state index in [1.165, 1.54) is 0 Å². The van der Waals surface area contributed by atoms with Crippen LogP contribution in [-0.4, -0.2) is 23.4 Å². The lowest BCUT2D eigenvalue weighted by Crippen LogP contribution is -2.23. The summed E-state index contributed by atoms with van der Waals surface area (Å²) >= 11 is 0. The predicted octanol–water partition coefficient (Wildman–Crippen LogP) is 1.17.